The number of nitrogens with zero attached hydrogens (tertiary/aromatic N) is 1. The van der Waals surface area contributed by atoms with Crippen LogP contribution >= 0.6 is 0 Å². The quantitative estimate of drug-likeness (QED) is 0.822. The van der Waals surface area contributed by atoms with Gasteiger partial charge in [-0.1, -0.05) is 13.8 Å². The molecule has 4 heteroatoms. The summed E-state index contributed by atoms with van der Waals surface area (Å²) in [6.45, 7) is 7.77. The molecule has 3 N–H and O–H groups in total. The van der Waals surface area contributed by atoms with Crippen molar-refractivity contribution in [2.24, 2.45) is 5.73 Å². The first-order chi connectivity index (χ1) is 10.5. The van der Waals surface area contributed by atoms with Crippen LogP contribution in [0.5, 0.6) is 0 Å². The minimum atomic E-state index is -0.847. The lowest BCUT2D eigenvalue weighted by atomic mass is 10.00. The Morgan fingerprint density at radius 3 is 2.59 bits per heavy atom. The van der Waals surface area contributed by atoms with Crippen LogP contribution in [-0.2, 0) is 19.4 Å². The van der Waals surface area contributed by atoms with E-state index < -0.39 is 5.97 Å². The molecular formula is C18H26N2O2. The number of rotatable bonds is 7. The van der Waals surface area contributed by atoms with E-state index in [2.05, 4.69) is 31.4 Å². The fraction of sp³-hybridized carbons (Fsp3) is 0.500. The molecule has 0 saturated carbocycles. The number of aryl methyl sites for hydroxylation is 3. The van der Waals surface area contributed by atoms with E-state index in [-0.39, 0.29) is 0 Å². The number of nitrogens with two attached hydrogens (primary N) is 1. The highest BCUT2D eigenvalue weighted by Gasteiger charge is 2.20. The van der Waals surface area contributed by atoms with Crippen molar-refractivity contribution in [2.45, 2.75) is 53.0 Å². The van der Waals surface area contributed by atoms with Gasteiger partial charge in [-0.15, -0.1) is 0 Å². The smallest absolute Gasteiger partial charge is 0.337 e. The first kappa shape index (κ1) is 16.6. The van der Waals surface area contributed by atoms with Crippen LogP contribution in [0.2, 0.25) is 0 Å². The number of aromatic carboxylic acids is 1. The number of hydrogen-bond donors (Lipinski definition) is 2. The lowest BCUT2D eigenvalue weighted by Crippen LogP contribution is -2.06. The molecule has 0 radical (unpaired) electrons. The lowest BCUT2D eigenvalue weighted by molar-refractivity contribution is 0.0698. The Kier molecular flexibility index (Phi) is 5.24. The fourth-order valence-electron chi connectivity index (χ4n) is 3.21. The highest BCUT2D eigenvalue weighted by Crippen LogP contribution is 2.31. The van der Waals surface area contributed by atoms with Crippen LogP contribution in [0.1, 0.15) is 53.9 Å². The average molecular weight is 302 g/mol. The topological polar surface area (TPSA) is 68.2 Å². The summed E-state index contributed by atoms with van der Waals surface area (Å²) in [5, 5.41) is 10.7. The summed E-state index contributed by atoms with van der Waals surface area (Å²) in [5.41, 5.74) is 10.5. The van der Waals surface area contributed by atoms with Gasteiger partial charge in [0.25, 0.3) is 0 Å². The van der Waals surface area contributed by atoms with E-state index >= 15 is 0 Å². The predicted octanol–water partition coefficient (Wildman–Crippen LogP) is 3.51. The van der Waals surface area contributed by atoms with Gasteiger partial charge in [-0.05, 0) is 62.4 Å². The molecule has 4 nitrogen and oxygen atoms in total. The van der Waals surface area contributed by atoms with Crippen LogP contribution in [0.25, 0.3) is 10.9 Å². The van der Waals surface area contributed by atoms with Crippen molar-refractivity contribution in [2.75, 3.05) is 6.54 Å². The van der Waals surface area contributed by atoms with Gasteiger partial charge >= 0.3 is 5.97 Å². The molecule has 22 heavy (non-hydrogen) atoms. The first-order valence-electron chi connectivity index (χ1n) is 8.13. The fourth-order valence-corrected chi connectivity index (χ4v) is 3.21. The first-order valence-corrected chi connectivity index (χ1v) is 8.13. The number of carboxylic acid groups (broad SMARTS) is 1. The van der Waals surface area contributed by atoms with Crippen LogP contribution in [0, 0.1) is 6.92 Å². The molecule has 0 fully saturated rings. The maximum atomic E-state index is 11.7. The van der Waals surface area contributed by atoms with Crippen molar-refractivity contribution in [3.05, 3.63) is 34.5 Å². The van der Waals surface area contributed by atoms with Gasteiger partial charge in [0.2, 0.25) is 0 Å². The molecule has 2 rings (SSSR count). The Balaban J connectivity index is 2.80. The van der Waals surface area contributed by atoms with E-state index in [4.69, 9.17) is 5.73 Å². The van der Waals surface area contributed by atoms with Crippen LogP contribution < -0.4 is 5.73 Å². The predicted molar refractivity (Wildman–Crippen MR) is 90.7 cm³/mol. The standard InChI is InChI=1S/C18H26N2O2/c1-4-9-20-12(3)14(7-6-8-19)15-10-13(5-2)11-16(17(15)20)18(21)22/h10-11H,4-9,19H2,1-3H3,(H,21,22). The summed E-state index contributed by atoms with van der Waals surface area (Å²) in [7, 11) is 0. The molecule has 1 aromatic heterocycles. The second-order valence-electron chi connectivity index (χ2n) is 5.81. The van der Waals surface area contributed by atoms with Gasteiger partial charge in [-0.3, -0.25) is 0 Å². The molecule has 0 bridgehead atoms. The summed E-state index contributed by atoms with van der Waals surface area (Å²) in [6, 6.07) is 3.98. The lowest BCUT2D eigenvalue weighted by Gasteiger charge is -2.09. The van der Waals surface area contributed by atoms with E-state index in [0.29, 0.717) is 12.1 Å². The molecule has 0 aliphatic rings. The van der Waals surface area contributed by atoms with E-state index in [0.717, 1.165) is 48.7 Å². The summed E-state index contributed by atoms with van der Waals surface area (Å²) in [4.78, 5) is 11.7. The molecule has 0 spiro atoms. The molecule has 0 atom stereocenters. The number of hydrogen-bond acceptors (Lipinski definition) is 2. The zero-order valence-corrected chi connectivity index (χ0v) is 13.8. The summed E-state index contributed by atoms with van der Waals surface area (Å²) >= 11 is 0. The molecule has 2 aromatic rings. The van der Waals surface area contributed by atoms with Crippen LogP contribution in [0.4, 0.5) is 0 Å². The summed E-state index contributed by atoms with van der Waals surface area (Å²) < 4.78 is 2.17. The monoisotopic (exact) mass is 302 g/mol. The molecule has 0 aliphatic heterocycles. The summed E-state index contributed by atoms with van der Waals surface area (Å²) in [6.07, 6.45) is 3.65. The number of fused-ring (bicyclic) bond motifs is 1. The van der Waals surface area contributed by atoms with Gasteiger partial charge in [0.05, 0.1) is 11.1 Å². The highest BCUT2D eigenvalue weighted by molar-refractivity contribution is 6.04. The molecule has 0 aliphatic carbocycles. The maximum Gasteiger partial charge on any atom is 0.337 e. The van der Waals surface area contributed by atoms with Crippen molar-refractivity contribution in [3.63, 3.8) is 0 Å². The molecule has 120 valence electrons. The van der Waals surface area contributed by atoms with E-state index in [1.807, 2.05) is 6.07 Å². The largest absolute Gasteiger partial charge is 0.478 e. The normalized spacial score (nSPS) is 11.3. The van der Waals surface area contributed by atoms with E-state index in [1.54, 1.807) is 0 Å². The van der Waals surface area contributed by atoms with Gasteiger partial charge in [0, 0.05) is 17.6 Å². The summed E-state index contributed by atoms with van der Waals surface area (Å²) in [5.74, 6) is -0.847. The number of benzene rings is 1. The van der Waals surface area contributed by atoms with Crippen LogP contribution in [-0.4, -0.2) is 22.2 Å². The van der Waals surface area contributed by atoms with Gasteiger partial charge < -0.3 is 15.4 Å². The van der Waals surface area contributed by atoms with Gasteiger partial charge in [-0.25, -0.2) is 4.79 Å². The zero-order chi connectivity index (χ0) is 16.3. The molecule has 0 amide bonds. The Bertz CT molecular complexity index is 686. The molecular weight excluding hydrogens is 276 g/mol. The van der Waals surface area contributed by atoms with Gasteiger partial charge in [-0.2, -0.15) is 0 Å². The second kappa shape index (κ2) is 6.97. The number of aromatic nitrogens is 1. The Morgan fingerprint density at radius 2 is 2.05 bits per heavy atom. The van der Waals surface area contributed by atoms with E-state index in [9.17, 15) is 9.90 Å². The second-order valence-corrected chi connectivity index (χ2v) is 5.81. The van der Waals surface area contributed by atoms with Crippen molar-refractivity contribution in [1.82, 2.24) is 4.57 Å². The molecule has 0 saturated heterocycles. The molecule has 0 unspecified atom stereocenters. The zero-order valence-electron chi connectivity index (χ0n) is 13.8. The molecule has 1 aromatic carbocycles. The molecule has 1 heterocycles. The van der Waals surface area contributed by atoms with Crippen molar-refractivity contribution >= 4 is 16.9 Å². The van der Waals surface area contributed by atoms with Crippen LogP contribution in [0.3, 0.4) is 0 Å². The third-order valence-electron chi connectivity index (χ3n) is 4.32. The number of carbonyl (C=O) groups is 1. The van der Waals surface area contributed by atoms with Gasteiger partial charge in [0.1, 0.15) is 0 Å². The third kappa shape index (κ3) is 2.88. The Morgan fingerprint density at radius 1 is 1.32 bits per heavy atom. The van der Waals surface area contributed by atoms with Gasteiger partial charge in [0.15, 0.2) is 0 Å². The Hall–Kier alpha value is -1.81. The van der Waals surface area contributed by atoms with Crippen molar-refractivity contribution < 1.29 is 9.90 Å². The van der Waals surface area contributed by atoms with Crippen molar-refractivity contribution in [1.29, 1.82) is 0 Å². The van der Waals surface area contributed by atoms with Crippen molar-refractivity contribution in [3.8, 4) is 0 Å². The Labute approximate surface area is 131 Å². The number of carboxylic acids is 1. The third-order valence-corrected chi connectivity index (χ3v) is 4.32. The minimum absolute atomic E-state index is 0.421. The van der Waals surface area contributed by atoms with Crippen LogP contribution in [0.15, 0.2) is 12.1 Å². The maximum absolute atomic E-state index is 11.7. The SMILES string of the molecule is CCCn1c(C)c(CCCN)c2cc(CC)cc(C(=O)O)c21. The van der Waals surface area contributed by atoms with E-state index in [1.165, 1.54) is 11.3 Å². The minimum Gasteiger partial charge on any atom is -0.478 e. The average Bonchev–Trinajstić information content (AvgIpc) is 2.77. The highest BCUT2D eigenvalue weighted by atomic mass is 16.4.